The van der Waals surface area contributed by atoms with Crippen LogP contribution in [0.15, 0.2) is 24.3 Å². The number of hydrogen-bond donors (Lipinski definition) is 1. The predicted molar refractivity (Wildman–Crippen MR) is 74.9 cm³/mol. The maximum Gasteiger partial charge on any atom is 0.346 e. The summed E-state index contributed by atoms with van der Waals surface area (Å²) >= 11 is 0. The fraction of sp³-hybridized carbons (Fsp3) is 0.467. The topological polar surface area (TPSA) is 66.8 Å². The summed E-state index contributed by atoms with van der Waals surface area (Å²) in [4.78, 5) is 25.3. The molecule has 0 fully saturated rings. The molecule has 1 aliphatic rings. The van der Waals surface area contributed by atoms with Gasteiger partial charge in [-0.05, 0) is 25.0 Å². The van der Waals surface area contributed by atoms with E-state index in [1.165, 1.54) is 0 Å². The number of benzene rings is 1. The van der Waals surface area contributed by atoms with Gasteiger partial charge in [0.05, 0.1) is 12.2 Å². The maximum absolute atomic E-state index is 12.6. The molecule has 108 valence electrons. The van der Waals surface area contributed by atoms with Crippen molar-refractivity contribution in [3.8, 4) is 5.75 Å². The molecule has 0 saturated heterocycles. The quantitative estimate of drug-likeness (QED) is 0.917. The van der Waals surface area contributed by atoms with Gasteiger partial charge >= 0.3 is 5.97 Å². The minimum Gasteiger partial charge on any atom is -0.478 e. The van der Waals surface area contributed by atoms with Crippen molar-refractivity contribution in [1.29, 1.82) is 0 Å². The molecule has 0 bridgehead atoms. The normalized spacial score (nSPS) is 17.6. The van der Waals surface area contributed by atoms with E-state index in [1.54, 1.807) is 23.1 Å². The lowest BCUT2D eigenvalue weighted by atomic mass is 10.0. The second-order valence-corrected chi connectivity index (χ2v) is 4.87. The minimum atomic E-state index is -1.05. The number of hydrogen-bond acceptors (Lipinski definition) is 3. The van der Waals surface area contributed by atoms with Crippen LogP contribution in [0.25, 0.3) is 0 Å². The molecule has 1 aliphatic heterocycles. The van der Waals surface area contributed by atoms with Gasteiger partial charge < -0.3 is 14.7 Å². The van der Waals surface area contributed by atoms with Gasteiger partial charge in [0.1, 0.15) is 5.75 Å². The summed E-state index contributed by atoms with van der Waals surface area (Å²) in [7, 11) is 0. The van der Waals surface area contributed by atoms with Gasteiger partial charge in [-0.3, -0.25) is 4.79 Å². The van der Waals surface area contributed by atoms with E-state index < -0.39 is 12.1 Å². The van der Waals surface area contributed by atoms with Crippen LogP contribution in [-0.2, 0) is 9.59 Å². The van der Waals surface area contributed by atoms with Crippen molar-refractivity contribution in [2.75, 3.05) is 11.4 Å². The van der Waals surface area contributed by atoms with Gasteiger partial charge in [0.15, 0.2) is 0 Å². The van der Waals surface area contributed by atoms with E-state index in [0.717, 1.165) is 12.8 Å². The van der Waals surface area contributed by atoms with E-state index >= 15 is 0 Å². The summed E-state index contributed by atoms with van der Waals surface area (Å²) in [6, 6.07) is 7.06. The fourth-order valence-corrected chi connectivity index (χ4v) is 2.43. The van der Waals surface area contributed by atoms with Gasteiger partial charge in [-0.1, -0.05) is 26.0 Å². The van der Waals surface area contributed by atoms with Crippen LogP contribution in [0.5, 0.6) is 5.75 Å². The first-order chi connectivity index (χ1) is 9.58. The second-order valence-electron chi connectivity index (χ2n) is 4.87. The molecule has 1 atom stereocenters. The number of nitrogens with zero attached hydrogens (tertiary/aromatic N) is 1. The van der Waals surface area contributed by atoms with Crippen LogP contribution in [0.2, 0.25) is 0 Å². The average Bonchev–Trinajstić information content (AvgIpc) is 2.47. The summed E-state index contributed by atoms with van der Waals surface area (Å²) in [6.45, 7) is 3.99. The molecule has 2 rings (SSSR count). The lowest BCUT2D eigenvalue weighted by molar-refractivity contribution is -0.145. The number of carboxylic acids is 1. The average molecular weight is 277 g/mol. The lowest BCUT2D eigenvalue weighted by Crippen LogP contribution is -2.48. The van der Waals surface area contributed by atoms with Crippen molar-refractivity contribution >= 4 is 17.6 Å². The first-order valence-electron chi connectivity index (χ1n) is 6.88. The maximum atomic E-state index is 12.6. The number of anilines is 1. The first kappa shape index (κ1) is 14.4. The fourth-order valence-electron chi connectivity index (χ4n) is 2.43. The van der Waals surface area contributed by atoms with Gasteiger partial charge in [0.25, 0.3) is 0 Å². The van der Waals surface area contributed by atoms with E-state index in [0.29, 0.717) is 11.4 Å². The number of fused-ring (bicyclic) bond motifs is 1. The Hall–Kier alpha value is -2.04. The third-order valence-corrected chi connectivity index (χ3v) is 3.65. The Bertz CT molecular complexity index is 510. The van der Waals surface area contributed by atoms with Crippen LogP contribution >= 0.6 is 0 Å². The van der Waals surface area contributed by atoms with Gasteiger partial charge in [0.2, 0.25) is 12.0 Å². The Balaban J connectivity index is 2.36. The molecular formula is C15H19NO4. The lowest BCUT2D eigenvalue weighted by Gasteiger charge is -2.34. The van der Waals surface area contributed by atoms with Gasteiger partial charge in [-0.15, -0.1) is 0 Å². The van der Waals surface area contributed by atoms with Crippen molar-refractivity contribution < 1.29 is 19.4 Å². The Kier molecular flexibility index (Phi) is 4.27. The number of para-hydroxylation sites is 2. The van der Waals surface area contributed by atoms with E-state index in [-0.39, 0.29) is 18.4 Å². The summed E-state index contributed by atoms with van der Waals surface area (Å²) in [5.74, 6) is -0.722. The Labute approximate surface area is 118 Å². The van der Waals surface area contributed by atoms with E-state index in [9.17, 15) is 9.59 Å². The molecule has 0 spiro atoms. The summed E-state index contributed by atoms with van der Waals surface area (Å²) in [6.07, 6.45) is 0.474. The molecular weight excluding hydrogens is 258 g/mol. The molecule has 0 radical (unpaired) electrons. The zero-order valence-electron chi connectivity index (χ0n) is 11.7. The molecule has 0 aromatic heterocycles. The van der Waals surface area contributed by atoms with Crippen molar-refractivity contribution in [2.24, 2.45) is 5.92 Å². The highest BCUT2D eigenvalue weighted by molar-refractivity contribution is 5.98. The Morgan fingerprint density at radius 1 is 1.35 bits per heavy atom. The smallest absolute Gasteiger partial charge is 0.346 e. The van der Waals surface area contributed by atoms with Crippen molar-refractivity contribution in [1.82, 2.24) is 0 Å². The molecule has 20 heavy (non-hydrogen) atoms. The summed E-state index contributed by atoms with van der Waals surface area (Å²) < 4.78 is 5.43. The molecule has 1 unspecified atom stereocenters. The number of rotatable bonds is 4. The summed E-state index contributed by atoms with van der Waals surface area (Å²) in [5, 5.41) is 9.15. The number of amides is 1. The number of carbonyl (C=O) groups excluding carboxylic acids is 1. The van der Waals surface area contributed by atoms with E-state index in [1.807, 2.05) is 19.9 Å². The number of carbonyl (C=O) groups is 2. The van der Waals surface area contributed by atoms with Gasteiger partial charge in [-0.2, -0.15) is 0 Å². The SMILES string of the molecule is CCC(CC)C(=O)N1CC(C(=O)O)Oc2ccccc21. The Morgan fingerprint density at radius 3 is 2.60 bits per heavy atom. The molecule has 1 aromatic carbocycles. The van der Waals surface area contributed by atoms with Crippen LogP contribution in [0.1, 0.15) is 26.7 Å². The highest BCUT2D eigenvalue weighted by Crippen LogP contribution is 2.34. The highest BCUT2D eigenvalue weighted by atomic mass is 16.5. The molecule has 5 heteroatoms. The first-order valence-corrected chi connectivity index (χ1v) is 6.88. The molecule has 0 aliphatic carbocycles. The molecule has 1 heterocycles. The monoisotopic (exact) mass is 277 g/mol. The largest absolute Gasteiger partial charge is 0.478 e. The molecule has 1 amide bonds. The highest BCUT2D eigenvalue weighted by Gasteiger charge is 2.35. The third-order valence-electron chi connectivity index (χ3n) is 3.65. The standard InChI is InChI=1S/C15H19NO4/c1-3-10(4-2)14(17)16-9-13(15(18)19)20-12-8-6-5-7-11(12)16/h5-8,10,13H,3-4,9H2,1-2H3,(H,18,19). The number of carboxylic acid groups (broad SMARTS) is 1. The van der Waals surface area contributed by atoms with Crippen LogP contribution in [-0.4, -0.2) is 29.6 Å². The minimum absolute atomic E-state index is 0.0306. The summed E-state index contributed by atoms with van der Waals surface area (Å²) in [5.41, 5.74) is 0.655. The van der Waals surface area contributed by atoms with Crippen molar-refractivity contribution in [3.05, 3.63) is 24.3 Å². The molecule has 1 N–H and O–H groups in total. The van der Waals surface area contributed by atoms with Crippen LogP contribution in [0.4, 0.5) is 5.69 Å². The second kappa shape index (κ2) is 5.94. The van der Waals surface area contributed by atoms with Gasteiger partial charge in [-0.25, -0.2) is 4.79 Å². The van der Waals surface area contributed by atoms with Crippen LogP contribution in [0.3, 0.4) is 0 Å². The molecule has 5 nitrogen and oxygen atoms in total. The number of ether oxygens (including phenoxy) is 1. The van der Waals surface area contributed by atoms with Crippen molar-refractivity contribution in [3.63, 3.8) is 0 Å². The Morgan fingerprint density at radius 2 is 2.00 bits per heavy atom. The zero-order chi connectivity index (χ0) is 14.7. The van der Waals surface area contributed by atoms with Crippen LogP contribution < -0.4 is 9.64 Å². The molecule has 0 saturated carbocycles. The third kappa shape index (κ3) is 2.61. The van der Waals surface area contributed by atoms with E-state index in [2.05, 4.69) is 0 Å². The number of aliphatic carboxylic acids is 1. The molecule has 1 aromatic rings. The van der Waals surface area contributed by atoms with E-state index in [4.69, 9.17) is 9.84 Å². The predicted octanol–water partition coefficient (Wildman–Crippen LogP) is 2.30. The zero-order valence-corrected chi connectivity index (χ0v) is 11.7. The van der Waals surface area contributed by atoms with Crippen LogP contribution in [0, 0.1) is 5.92 Å². The van der Waals surface area contributed by atoms with Crippen molar-refractivity contribution in [2.45, 2.75) is 32.8 Å². The van der Waals surface area contributed by atoms with Gasteiger partial charge in [0, 0.05) is 5.92 Å².